The zero-order chi connectivity index (χ0) is 19.4. The predicted octanol–water partition coefficient (Wildman–Crippen LogP) is -0.543. The van der Waals surface area contributed by atoms with Crippen LogP contribution >= 0.6 is 11.3 Å². The van der Waals surface area contributed by atoms with Crippen LogP contribution in [0.3, 0.4) is 0 Å². The fraction of sp³-hybridized carbons (Fsp3) is 0.438. The van der Waals surface area contributed by atoms with Crippen LogP contribution in [0.1, 0.15) is 26.7 Å². The molecule has 0 spiro atoms. The van der Waals surface area contributed by atoms with Crippen molar-refractivity contribution in [3.63, 3.8) is 0 Å². The Balaban J connectivity index is 1.70. The molecule has 144 valence electrons. The number of ether oxygens (including phenoxy) is 1. The molecule has 2 amide bonds. The van der Waals surface area contributed by atoms with Gasteiger partial charge in [-0.3, -0.25) is 9.59 Å². The van der Waals surface area contributed by atoms with Crippen LogP contribution in [-0.2, 0) is 4.74 Å². The number of nitrogens with zero attached hydrogens (tertiary/aromatic N) is 4. The van der Waals surface area contributed by atoms with Gasteiger partial charge in [0.2, 0.25) is 5.95 Å². The largest absolute Gasteiger partial charge is 0.384 e. The van der Waals surface area contributed by atoms with Gasteiger partial charge in [-0.2, -0.15) is 0 Å². The Morgan fingerprint density at radius 2 is 2.26 bits per heavy atom. The van der Waals surface area contributed by atoms with Crippen LogP contribution in [0.4, 0.5) is 5.95 Å². The topological polar surface area (TPSA) is 144 Å². The first-order chi connectivity index (χ1) is 12.9. The summed E-state index contributed by atoms with van der Waals surface area (Å²) in [6.45, 7) is 2.13. The number of carbonyl (C=O) groups excluding carboxylic acids is 2. The molecule has 10 nitrogen and oxygen atoms in total. The first-order valence-corrected chi connectivity index (χ1v) is 9.17. The number of aryl methyl sites for hydroxylation is 1. The number of thiazole rings is 1. The first kappa shape index (κ1) is 19.1. The third kappa shape index (κ3) is 4.76. The molecule has 1 aliphatic rings. The maximum Gasteiger partial charge on any atom is 0.272 e. The lowest BCUT2D eigenvalue weighted by molar-refractivity contribution is -0.0324. The van der Waals surface area contributed by atoms with Gasteiger partial charge in [0.15, 0.2) is 0 Å². The molecule has 0 aliphatic carbocycles. The smallest absolute Gasteiger partial charge is 0.272 e. The summed E-state index contributed by atoms with van der Waals surface area (Å²) >= 11 is 1.30. The van der Waals surface area contributed by atoms with E-state index in [1.165, 1.54) is 22.3 Å². The standard InChI is InChI=1S/C16H20N6O4S/c1-10-4-11(21-15(17)20-10)14(24)22-2-3-26-8-16(25,7-22)6-18-13(23)12-5-27-9-19-12/h4-5,9,25H,2-3,6-8H2,1H3,(H,18,23)(H2,17,20,21)/t16-/m1/s1. The van der Waals surface area contributed by atoms with Crippen LogP contribution in [0.25, 0.3) is 0 Å². The molecule has 1 aliphatic heterocycles. The molecule has 4 N–H and O–H groups in total. The summed E-state index contributed by atoms with van der Waals surface area (Å²) in [5.74, 6) is -0.775. The van der Waals surface area contributed by atoms with Crippen molar-refractivity contribution in [2.24, 2.45) is 0 Å². The molecule has 3 heterocycles. The van der Waals surface area contributed by atoms with Gasteiger partial charge in [-0.05, 0) is 13.0 Å². The van der Waals surface area contributed by atoms with Crippen molar-refractivity contribution >= 4 is 29.1 Å². The van der Waals surface area contributed by atoms with Gasteiger partial charge < -0.3 is 25.8 Å². The van der Waals surface area contributed by atoms with Crippen molar-refractivity contribution in [3.8, 4) is 0 Å². The lowest BCUT2D eigenvalue weighted by atomic mass is 10.0. The molecule has 0 bridgehead atoms. The number of aliphatic hydroxyl groups is 1. The first-order valence-electron chi connectivity index (χ1n) is 8.23. The van der Waals surface area contributed by atoms with E-state index in [0.29, 0.717) is 5.69 Å². The highest BCUT2D eigenvalue weighted by molar-refractivity contribution is 7.07. The summed E-state index contributed by atoms with van der Waals surface area (Å²) in [6, 6.07) is 1.54. The van der Waals surface area contributed by atoms with E-state index in [1.807, 2.05) is 0 Å². The molecule has 0 aromatic carbocycles. The minimum absolute atomic E-state index is 0.00945. The van der Waals surface area contributed by atoms with E-state index < -0.39 is 11.5 Å². The number of amides is 2. The number of anilines is 1. The molecule has 27 heavy (non-hydrogen) atoms. The zero-order valence-electron chi connectivity index (χ0n) is 14.7. The molecule has 0 saturated carbocycles. The summed E-state index contributed by atoms with van der Waals surface area (Å²) in [6.07, 6.45) is 0. The van der Waals surface area contributed by atoms with Crippen LogP contribution in [0.15, 0.2) is 17.0 Å². The summed E-state index contributed by atoms with van der Waals surface area (Å²) in [5.41, 5.74) is 6.73. The van der Waals surface area contributed by atoms with Crippen LogP contribution in [0, 0.1) is 6.92 Å². The normalized spacial score (nSPS) is 20.1. The van der Waals surface area contributed by atoms with Crippen molar-refractivity contribution < 1.29 is 19.4 Å². The quantitative estimate of drug-likeness (QED) is 0.629. The molecule has 2 aromatic heterocycles. The Bertz CT molecular complexity index is 810. The molecule has 0 radical (unpaired) electrons. The van der Waals surface area contributed by atoms with Gasteiger partial charge in [-0.1, -0.05) is 0 Å². The molecule has 11 heteroatoms. The molecule has 1 fully saturated rings. The second-order valence-electron chi connectivity index (χ2n) is 6.31. The molecule has 1 saturated heterocycles. The zero-order valence-corrected chi connectivity index (χ0v) is 15.5. The Morgan fingerprint density at radius 3 is 2.96 bits per heavy atom. The highest BCUT2D eigenvalue weighted by atomic mass is 32.1. The van der Waals surface area contributed by atoms with Gasteiger partial charge in [0.1, 0.15) is 17.0 Å². The predicted molar refractivity (Wildman–Crippen MR) is 97.3 cm³/mol. The number of hydrogen-bond donors (Lipinski definition) is 3. The summed E-state index contributed by atoms with van der Waals surface area (Å²) < 4.78 is 5.43. The molecular formula is C16H20N6O4S. The summed E-state index contributed by atoms with van der Waals surface area (Å²) in [5, 5.41) is 15.1. The maximum atomic E-state index is 12.8. The van der Waals surface area contributed by atoms with Gasteiger partial charge in [0.05, 0.1) is 31.8 Å². The van der Waals surface area contributed by atoms with Gasteiger partial charge >= 0.3 is 0 Å². The molecule has 3 rings (SSSR count). The number of nitrogens with two attached hydrogens (primary N) is 1. The van der Waals surface area contributed by atoms with E-state index in [0.717, 1.165) is 0 Å². The Morgan fingerprint density at radius 1 is 1.44 bits per heavy atom. The lowest BCUT2D eigenvalue weighted by Crippen LogP contribution is -2.53. The number of β-amino-alcohol motifs (C(OH)–C–C–N with tert-alkyl or cyclic N) is 1. The number of aromatic nitrogens is 3. The second-order valence-corrected chi connectivity index (χ2v) is 7.03. The second kappa shape index (κ2) is 7.94. The van der Waals surface area contributed by atoms with E-state index in [4.69, 9.17) is 10.5 Å². The van der Waals surface area contributed by atoms with Gasteiger partial charge in [0, 0.05) is 17.6 Å². The fourth-order valence-corrected chi connectivity index (χ4v) is 3.25. The average Bonchev–Trinajstić information content (AvgIpc) is 3.09. The van der Waals surface area contributed by atoms with Gasteiger partial charge in [-0.15, -0.1) is 11.3 Å². The third-order valence-electron chi connectivity index (χ3n) is 3.98. The molecular weight excluding hydrogens is 372 g/mol. The fourth-order valence-electron chi connectivity index (χ4n) is 2.72. The Hall–Kier alpha value is -2.63. The van der Waals surface area contributed by atoms with Crippen LogP contribution in [0.2, 0.25) is 0 Å². The minimum atomic E-state index is -1.44. The van der Waals surface area contributed by atoms with Crippen LogP contribution in [-0.4, -0.2) is 75.2 Å². The monoisotopic (exact) mass is 392 g/mol. The van der Waals surface area contributed by atoms with Crippen molar-refractivity contribution in [2.75, 3.05) is 38.6 Å². The highest BCUT2D eigenvalue weighted by Crippen LogP contribution is 2.15. The van der Waals surface area contributed by atoms with Gasteiger partial charge in [0.25, 0.3) is 11.8 Å². The number of nitrogen functional groups attached to an aromatic ring is 1. The Labute approximate surface area is 159 Å². The van der Waals surface area contributed by atoms with E-state index in [1.54, 1.807) is 17.8 Å². The minimum Gasteiger partial charge on any atom is -0.384 e. The highest BCUT2D eigenvalue weighted by Gasteiger charge is 2.35. The maximum absolute atomic E-state index is 12.8. The number of rotatable bonds is 4. The van der Waals surface area contributed by atoms with Gasteiger partial charge in [-0.25, -0.2) is 15.0 Å². The van der Waals surface area contributed by atoms with E-state index in [9.17, 15) is 14.7 Å². The van der Waals surface area contributed by atoms with E-state index >= 15 is 0 Å². The average molecular weight is 392 g/mol. The number of nitrogens with one attached hydrogen (secondary N) is 1. The van der Waals surface area contributed by atoms with E-state index in [2.05, 4.69) is 20.3 Å². The van der Waals surface area contributed by atoms with Crippen molar-refractivity contribution in [2.45, 2.75) is 12.5 Å². The SMILES string of the molecule is Cc1cc(C(=O)N2CCOC[C@@](O)(CNC(=O)c3cscn3)C2)nc(N)n1. The Kier molecular flexibility index (Phi) is 5.63. The molecule has 0 unspecified atom stereocenters. The van der Waals surface area contributed by atoms with E-state index in [-0.39, 0.29) is 56.1 Å². The van der Waals surface area contributed by atoms with Crippen LogP contribution in [0.5, 0.6) is 0 Å². The summed E-state index contributed by atoms with van der Waals surface area (Å²) in [4.78, 5) is 38.1. The van der Waals surface area contributed by atoms with Crippen LogP contribution < -0.4 is 11.1 Å². The van der Waals surface area contributed by atoms with Crippen molar-refractivity contribution in [1.29, 1.82) is 0 Å². The van der Waals surface area contributed by atoms with Crippen molar-refractivity contribution in [3.05, 3.63) is 34.0 Å². The third-order valence-corrected chi connectivity index (χ3v) is 4.57. The lowest BCUT2D eigenvalue weighted by Gasteiger charge is -2.30. The summed E-state index contributed by atoms with van der Waals surface area (Å²) in [7, 11) is 0. The van der Waals surface area contributed by atoms with Crippen molar-refractivity contribution in [1.82, 2.24) is 25.2 Å². The number of hydrogen-bond acceptors (Lipinski definition) is 9. The molecule has 2 aromatic rings. The molecule has 1 atom stereocenters. The number of carbonyl (C=O) groups is 2.